The minimum Gasteiger partial charge on any atom is -0.465 e. The molecule has 1 saturated heterocycles. The summed E-state index contributed by atoms with van der Waals surface area (Å²) < 4.78 is 0. The van der Waals surface area contributed by atoms with Crippen LogP contribution in [0, 0.1) is 11.3 Å². The van der Waals surface area contributed by atoms with Crippen molar-refractivity contribution in [1.82, 2.24) is 9.96 Å². The van der Waals surface area contributed by atoms with Gasteiger partial charge in [-0.2, -0.15) is 0 Å². The number of rotatable bonds is 4. The van der Waals surface area contributed by atoms with Crippen LogP contribution in [0.2, 0.25) is 0 Å². The lowest BCUT2D eigenvalue weighted by Gasteiger charge is -2.44. The molecule has 0 aliphatic carbocycles. The Hall–Kier alpha value is -1.30. The number of hydrogen-bond acceptors (Lipinski definition) is 3. The number of piperidine rings is 1. The number of hydroxylamine groups is 2. The molecular weight excluding hydrogens is 272 g/mol. The lowest BCUT2D eigenvalue weighted by atomic mass is 9.76. The molecule has 1 N–H and O–H groups in total. The Bertz CT molecular complexity index is 378. The number of amides is 2. The van der Waals surface area contributed by atoms with Gasteiger partial charge in [-0.1, -0.05) is 20.8 Å². The van der Waals surface area contributed by atoms with Gasteiger partial charge in [0.05, 0.1) is 7.11 Å². The zero-order chi connectivity index (χ0) is 16.2. The van der Waals surface area contributed by atoms with E-state index in [1.165, 1.54) is 12.2 Å². The molecule has 2 amide bonds. The first kappa shape index (κ1) is 17.8. The van der Waals surface area contributed by atoms with Crippen molar-refractivity contribution >= 4 is 12.0 Å². The summed E-state index contributed by atoms with van der Waals surface area (Å²) in [7, 11) is 3.08. The molecule has 0 spiro atoms. The second kappa shape index (κ2) is 7.11. The third-order valence-corrected chi connectivity index (χ3v) is 4.35. The molecule has 6 nitrogen and oxygen atoms in total. The molecule has 2 atom stereocenters. The molecule has 0 saturated carbocycles. The summed E-state index contributed by atoms with van der Waals surface area (Å²) in [5, 5.41) is 10.6. The van der Waals surface area contributed by atoms with Crippen molar-refractivity contribution in [1.29, 1.82) is 0 Å². The highest BCUT2D eigenvalue weighted by molar-refractivity contribution is 5.74. The van der Waals surface area contributed by atoms with E-state index in [9.17, 15) is 14.7 Å². The van der Waals surface area contributed by atoms with Gasteiger partial charge in [0.15, 0.2) is 0 Å². The fraction of sp³-hybridized carbons (Fsp3) is 0.867. The predicted molar refractivity (Wildman–Crippen MR) is 79.7 cm³/mol. The van der Waals surface area contributed by atoms with E-state index < -0.39 is 6.09 Å². The van der Waals surface area contributed by atoms with Gasteiger partial charge in [-0.05, 0) is 30.6 Å². The van der Waals surface area contributed by atoms with E-state index in [0.29, 0.717) is 18.9 Å². The van der Waals surface area contributed by atoms with Gasteiger partial charge in [0.25, 0.3) is 0 Å². The Morgan fingerprint density at radius 2 is 2.00 bits per heavy atom. The molecular formula is C15H28N2O4. The fourth-order valence-electron chi connectivity index (χ4n) is 2.94. The summed E-state index contributed by atoms with van der Waals surface area (Å²) in [5.74, 6) is 0.351. The van der Waals surface area contributed by atoms with Crippen LogP contribution in [0.25, 0.3) is 0 Å². The van der Waals surface area contributed by atoms with Gasteiger partial charge in [0.2, 0.25) is 5.91 Å². The minimum atomic E-state index is -0.844. The van der Waals surface area contributed by atoms with Crippen LogP contribution >= 0.6 is 0 Å². The molecule has 1 fully saturated rings. The summed E-state index contributed by atoms with van der Waals surface area (Å²) in [6.07, 6.45) is 2.03. The van der Waals surface area contributed by atoms with Crippen molar-refractivity contribution < 1.29 is 19.5 Å². The number of carboxylic acid groups (broad SMARTS) is 1. The molecule has 1 aliphatic heterocycles. The third kappa shape index (κ3) is 4.88. The highest BCUT2D eigenvalue weighted by Gasteiger charge is 2.38. The van der Waals surface area contributed by atoms with E-state index in [4.69, 9.17) is 4.84 Å². The first-order valence-electron chi connectivity index (χ1n) is 7.47. The average molecular weight is 300 g/mol. The second-order valence-electron chi connectivity index (χ2n) is 6.86. The van der Waals surface area contributed by atoms with Crippen LogP contribution < -0.4 is 0 Å². The number of nitrogens with zero attached hydrogens (tertiary/aromatic N) is 2. The fourth-order valence-corrected chi connectivity index (χ4v) is 2.94. The summed E-state index contributed by atoms with van der Waals surface area (Å²) in [6, 6.07) is 0.00371. The predicted octanol–water partition coefficient (Wildman–Crippen LogP) is 2.59. The molecule has 6 heteroatoms. The average Bonchev–Trinajstić information content (AvgIpc) is 2.42. The highest BCUT2D eigenvalue weighted by Crippen LogP contribution is 2.36. The summed E-state index contributed by atoms with van der Waals surface area (Å²) in [4.78, 5) is 29.6. The maximum absolute atomic E-state index is 11.8. The Morgan fingerprint density at radius 3 is 2.48 bits per heavy atom. The molecule has 0 radical (unpaired) electrons. The van der Waals surface area contributed by atoms with Crippen molar-refractivity contribution in [3.63, 3.8) is 0 Å². The van der Waals surface area contributed by atoms with Crippen molar-refractivity contribution in [3.05, 3.63) is 0 Å². The molecule has 0 bridgehead atoms. The zero-order valence-electron chi connectivity index (χ0n) is 13.8. The van der Waals surface area contributed by atoms with E-state index in [1.54, 1.807) is 11.9 Å². The molecule has 1 rings (SSSR count). The lowest BCUT2D eigenvalue weighted by molar-refractivity contribution is -0.169. The first-order chi connectivity index (χ1) is 9.66. The first-order valence-corrected chi connectivity index (χ1v) is 7.47. The van der Waals surface area contributed by atoms with Crippen LogP contribution in [-0.4, -0.2) is 53.8 Å². The molecule has 122 valence electrons. The Labute approximate surface area is 127 Å². The summed E-state index contributed by atoms with van der Waals surface area (Å²) >= 11 is 0. The second-order valence-corrected chi connectivity index (χ2v) is 6.86. The van der Waals surface area contributed by atoms with Crippen LogP contribution in [0.5, 0.6) is 0 Å². The largest absolute Gasteiger partial charge is 0.465 e. The van der Waals surface area contributed by atoms with Gasteiger partial charge in [0.1, 0.15) is 0 Å². The zero-order valence-corrected chi connectivity index (χ0v) is 13.8. The minimum absolute atomic E-state index is 0.00371. The molecule has 1 heterocycles. The normalized spacial score (nSPS) is 23.0. The van der Waals surface area contributed by atoms with Crippen molar-refractivity contribution in [2.45, 2.75) is 52.5 Å². The van der Waals surface area contributed by atoms with E-state index >= 15 is 0 Å². The SMILES string of the molecule is CON(C)C(=O)CCC1CCN(C(=O)O)C(C(C)(C)C)C1. The molecule has 21 heavy (non-hydrogen) atoms. The molecule has 0 aromatic carbocycles. The van der Waals surface area contributed by atoms with Gasteiger partial charge < -0.3 is 10.0 Å². The van der Waals surface area contributed by atoms with Gasteiger partial charge in [-0.15, -0.1) is 0 Å². The standard InChI is InChI=1S/C15H28N2O4/c1-15(2,3)12-10-11(8-9-17(12)14(19)20)6-7-13(18)16(4)21-5/h11-12H,6-10H2,1-5H3,(H,19,20). The van der Waals surface area contributed by atoms with Gasteiger partial charge in [0, 0.05) is 26.1 Å². The number of carbonyl (C=O) groups excluding carboxylic acids is 1. The number of carbonyl (C=O) groups is 2. The number of hydrogen-bond donors (Lipinski definition) is 1. The van der Waals surface area contributed by atoms with Crippen molar-refractivity contribution in [3.8, 4) is 0 Å². The maximum atomic E-state index is 11.8. The van der Waals surface area contributed by atoms with Gasteiger partial charge in [-0.25, -0.2) is 9.86 Å². The van der Waals surface area contributed by atoms with E-state index in [0.717, 1.165) is 19.3 Å². The van der Waals surface area contributed by atoms with E-state index in [-0.39, 0.29) is 17.4 Å². The van der Waals surface area contributed by atoms with Crippen LogP contribution in [0.1, 0.15) is 46.5 Å². The Morgan fingerprint density at radius 1 is 1.38 bits per heavy atom. The molecule has 2 unspecified atom stereocenters. The Balaban J connectivity index is 2.61. The smallest absolute Gasteiger partial charge is 0.407 e. The van der Waals surface area contributed by atoms with Crippen LogP contribution in [-0.2, 0) is 9.63 Å². The molecule has 0 aromatic rings. The third-order valence-electron chi connectivity index (χ3n) is 4.35. The van der Waals surface area contributed by atoms with Crippen LogP contribution in [0.3, 0.4) is 0 Å². The van der Waals surface area contributed by atoms with Crippen LogP contribution in [0.15, 0.2) is 0 Å². The summed E-state index contributed by atoms with van der Waals surface area (Å²) in [5.41, 5.74) is -0.0929. The van der Waals surface area contributed by atoms with Crippen LogP contribution in [0.4, 0.5) is 4.79 Å². The lowest BCUT2D eigenvalue weighted by Crippen LogP contribution is -2.51. The number of likely N-dealkylation sites (tertiary alicyclic amines) is 1. The topological polar surface area (TPSA) is 70.1 Å². The highest BCUT2D eigenvalue weighted by atomic mass is 16.7. The molecule has 0 aromatic heterocycles. The Kier molecular flexibility index (Phi) is 6.01. The van der Waals surface area contributed by atoms with E-state index in [2.05, 4.69) is 20.8 Å². The molecule has 1 aliphatic rings. The quantitative estimate of drug-likeness (QED) is 0.810. The van der Waals surface area contributed by atoms with Gasteiger partial charge >= 0.3 is 6.09 Å². The monoisotopic (exact) mass is 300 g/mol. The van der Waals surface area contributed by atoms with Crippen molar-refractivity contribution in [2.75, 3.05) is 20.7 Å². The maximum Gasteiger partial charge on any atom is 0.407 e. The van der Waals surface area contributed by atoms with Gasteiger partial charge in [-0.3, -0.25) is 9.63 Å². The van der Waals surface area contributed by atoms with E-state index in [1.807, 2.05) is 0 Å². The summed E-state index contributed by atoms with van der Waals surface area (Å²) in [6.45, 7) is 6.76. The van der Waals surface area contributed by atoms with Crippen molar-refractivity contribution in [2.24, 2.45) is 11.3 Å².